The van der Waals surface area contributed by atoms with Crippen LogP contribution in [-0.2, 0) is 11.3 Å². The lowest BCUT2D eigenvalue weighted by Crippen LogP contribution is -2.45. The molecule has 1 fully saturated rings. The summed E-state index contributed by atoms with van der Waals surface area (Å²) in [4.78, 5) is 16.8. The number of carbonyl (C=O) groups excluding carboxylic acids is 1. The van der Waals surface area contributed by atoms with E-state index in [9.17, 15) is 9.18 Å². The lowest BCUT2D eigenvalue weighted by atomic mass is 10.0. The molecule has 2 heterocycles. The van der Waals surface area contributed by atoms with Crippen LogP contribution in [0.5, 0.6) is 0 Å². The highest BCUT2D eigenvalue weighted by Gasteiger charge is 2.21. The van der Waals surface area contributed by atoms with Crippen molar-refractivity contribution >= 4 is 11.6 Å². The van der Waals surface area contributed by atoms with Gasteiger partial charge < -0.3 is 15.1 Å². The molecule has 6 nitrogen and oxygen atoms in total. The third-order valence-corrected chi connectivity index (χ3v) is 4.54. The van der Waals surface area contributed by atoms with Crippen molar-refractivity contribution in [2.75, 3.05) is 38.1 Å². The van der Waals surface area contributed by atoms with E-state index in [1.807, 2.05) is 13.0 Å². The number of halogens is 1. The van der Waals surface area contributed by atoms with E-state index in [4.69, 9.17) is 0 Å². The summed E-state index contributed by atoms with van der Waals surface area (Å²) in [5.74, 6) is -0.439. The minimum Gasteiger partial charge on any atom is -0.369 e. The van der Waals surface area contributed by atoms with E-state index < -0.39 is 0 Å². The Morgan fingerprint density at radius 3 is 2.76 bits per heavy atom. The third kappa shape index (κ3) is 4.36. The zero-order valence-corrected chi connectivity index (χ0v) is 14.7. The zero-order valence-electron chi connectivity index (χ0n) is 14.7. The van der Waals surface area contributed by atoms with Gasteiger partial charge in [-0.25, -0.2) is 4.39 Å². The van der Waals surface area contributed by atoms with E-state index in [0.29, 0.717) is 0 Å². The number of piperazine rings is 1. The van der Waals surface area contributed by atoms with Crippen molar-refractivity contribution in [3.8, 4) is 0 Å². The van der Waals surface area contributed by atoms with Crippen molar-refractivity contribution in [3.63, 3.8) is 0 Å². The SMILES string of the molecule is C[C@@H](NC(=O)Cn1cccn1)c1cc(F)ccc1N1CCN(C)CC1. The number of likely N-dealkylation sites (N-methyl/N-ethyl adjacent to an activating group) is 1. The van der Waals surface area contributed by atoms with E-state index in [2.05, 4.69) is 27.3 Å². The summed E-state index contributed by atoms with van der Waals surface area (Å²) in [5, 5.41) is 6.98. The predicted molar refractivity (Wildman–Crippen MR) is 94.9 cm³/mol. The van der Waals surface area contributed by atoms with Gasteiger partial charge in [0.05, 0.1) is 6.04 Å². The summed E-state index contributed by atoms with van der Waals surface area (Å²) in [6.45, 7) is 5.76. The summed E-state index contributed by atoms with van der Waals surface area (Å²) in [7, 11) is 2.10. The zero-order chi connectivity index (χ0) is 17.8. The lowest BCUT2D eigenvalue weighted by molar-refractivity contribution is -0.122. The molecule has 0 radical (unpaired) electrons. The van der Waals surface area contributed by atoms with Gasteiger partial charge >= 0.3 is 0 Å². The van der Waals surface area contributed by atoms with Crippen molar-refractivity contribution in [1.29, 1.82) is 0 Å². The Morgan fingerprint density at radius 2 is 2.08 bits per heavy atom. The highest BCUT2D eigenvalue weighted by molar-refractivity contribution is 5.76. The van der Waals surface area contributed by atoms with Crippen LogP contribution in [0, 0.1) is 5.82 Å². The van der Waals surface area contributed by atoms with Crippen LogP contribution in [-0.4, -0.2) is 53.8 Å². The molecule has 134 valence electrons. The molecule has 0 bridgehead atoms. The van der Waals surface area contributed by atoms with Gasteiger partial charge in [0.25, 0.3) is 0 Å². The normalized spacial score (nSPS) is 16.7. The molecule has 1 atom stereocenters. The average molecular weight is 345 g/mol. The minimum atomic E-state index is -0.291. The van der Waals surface area contributed by atoms with Gasteiger partial charge in [-0.15, -0.1) is 0 Å². The Balaban J connectivity index is 1.73. The molecule has 3 rings (SSSR count). The molecule has 25 heavy (non-hydrogen) atoms. The molecule has 1 N–H and O–H groups in total. The molecule has 0 aliphatic carbocycles. The molecular formula is C18H24FN5O. The van der Waals surface area contributed by atoms with Gasteiger partial charge in [0.2, 0.25) is 5.91 Å². The molecule has 1 aromatic carbocycles. The Bertz CT molecular complexity index is 710. The maximum absolute atomic E-state index is 13.8. The van der Waals surface area contributed by atoms with Crippen molar-refractivity contribution in [1.82, 2.24) is 20.0 Å². The van der Waals surface area contributed by atoms with Crippen LogP contribution in [0.2, 0.25) is 0 Å². The summed E-state index contributed by atoms with van der Waals surface area (Å²) >= 11 is 0. The Hall–Kier alpha value is -2.41. The number of carbonyl (C=O) groups is 1. The van der Waals surface area contributed by atoms with Crippen LogP contribution >= 0.6 is 0 Å². The van der Waals surface area contributed by atoms with Crippen LogP contribution in [0.15, 0.2) is 36.7 Å². The van der Waals surface area contributed by atoms with Crippen LogP contribution in [0.3, 0.4) is 0 Å². The topological polar surface area (TPSA) is 53.4 Å². The first kappa shape index (κ1) is 17.4. The standard InChI is InChI=1S/C18H24FN5O/c1-14(21-18(25)13-24-7-3-6-20-24)16-12-15(19)4-5-17(16)23-10-8-22(2)9-11-23/h3-7,12,14H,8-11,13H2,1-2H3,(H,21,25)/t14-/m1/s1. The molecule has 1 aliphatic heterocycles. The highest BCUT2D eigenvalue weighted by Crippen LogP contribution is 2.28. The molecule has 1 aliphatic rings. The first-order valence-corrected chi connectivity index (χ1v) is 8.52. The van der Waals surface area contributed by atoms with Crippen molar-refractivity contribution < 1.29 is 9.18 Å². The van der Waals surface area contributed by atoms with Gasteiger partial charge in [-0.2, -0.15) is 5.10 Å². The second-order valence-electron chi connectivity index (χ2n) is 6.49. The first-order valence-electron chi connectivity index (χ1n) is 8.52. The number of amides is 1. The van der Waals surface area contributed by atoms with Crippen LogP contribution < -0.4 is 10.2 Å². The Kier molecular flexibility index (Phi) is 5.33. The van der Waals surface area contributed by atoms with Gasteiger partial charge in [-0.1, -0.05) is 0 Å². The van der Waals surface area contributed by atoms with Crippen LogP contribution in [0.25, 0.3) is 0 Å². The number of rotatable bonds is 5. The largest absolute Gasteiger partial charge is 0.369 e. The van der Waals surface area contributed by atoms with Gasteiger partial charge in [-0.3, -0.25) is 9.48 Å². The number of hydrogen-bond donors (Lipinski definition) is 1. The first-order chi connectivity index (χ1) is 12.0. The highest BCUT2D eigenvalue weighted by atomic mass is 19.1. The van der Waals surface area contributed by atoms with Crippen LogP contribution in [0.1, 0.15) is 18.5 Å². The van der Waals surface area contributed by atoms with E-state index in [1.54, 1.807) is 23.1 Å². The molecule has 1 saturated heterocycles. The molecular weight excluding hydrogens is 321 g/mol. The number of nitrogens with one attached hydrogen (secondary N) is 1. The molecule has 7 heteroatoms. The molecule has 1 aromatic heterocycles. The number of hydrogen-bond acceptors (Lipinski definition) is 4. The number of aromatic nitrogens is 2. The van der Waals surface area contributed by atoms with Crippen LogP contribution in [0.4, 0.5) is 10.1 Å². The quantitative estimate of drug-likeness (QED) is 0.895. The van der Waals surface area contributed by atoms with Gasteiger partial charge in [0.1, 0.15) is 12.4 Å². The lowest BCUT2D eigenvalue weighted by Gasteiger charge is -2.36. The summed E-state index contributed by atoms with van der Waals surface area (Å²) in [5.41, 5.74) is 1.79. The van der Waals surface area contributed by atoms with Crippen molar-refractivity contribution in [3.05, 3.63) is 48.0 Å². The third-order valence-electron chi connectivity index (χ3n) is 4.54. The van der Waals surface area contributed by atoms with E-state index >= 15 is 0 Å². The maximum atomic E-state index is 13.8. The molecule has 0 unspecified atom stereocenters. The van der Waals surface area contributed by atoms with Gasteiger partial charge in [0, 0.05) is 49.8 Å². The summed E-state index contributed by atoms with van der Waals surface area (Å²) in [6, 6.07) is 6.30. The molecule has 0 spiro atoms. The van der Waals surface area contributed by atoms with E-state index in [0.717, 1.165) is 37.4 Å². The fraction of sp³-hybridized carbons (Fsp3) is 0.444. The fourth-order valence-electron chi connectivity index (χ4n) is 3.11. The number of anilines is 1. The Morgan fingerprint density at radius 1 is 1.32 bits per heavy atom. The van der Waals surface area contributed by atoms with Crippen molar-refractivity contribution in [2.45, 2.75) is 19.5 Å². The molecule has 2 aromatic rings. The van der Waals surface area contributed by atoms with Crippen molar-refractivity contribution in [2.24, 2.45) is 0 Å². The number of nitrogens with zero attached hydrogens (tertiary/aromatic N) is 4. The molecule has 1 amide bonds. The smallest absolute Gasteiger partial charge is 0.242 e. The van der Waals surface area contributed by atoms with E-state index in [1.165, 1.54) is 12.1 Å². The average Bonchev–Trinajstić information content (AvgIpc) is 3.08. The monoisotopic (exact) mass is 345 g/mol. The summed E-state index contributed by atoms with van der Waals surface area (Å²) < 4.78 is 15.4. The maximum Gasteiger partial charge on any atom is 0.242 e. The predicted octanol–water partition coefficient (Wildman–Crippen LogP) is 1.65. The Labute approximate surface area is 147 Å². The fourth-order valence-corrected chi connectivity index (χ4v) is 3.11. The van der Waals surface area contributed by atoms with Gasteiger partial charge in [-0.05, 0) is 38.2 Å². The summed E-state index contributed by atoms with van der Waals surface area (Å²) in [6.07, 6.45) is 3.37. The second kappa shape index (κ2) is 7.65. The second-order valence-corrected chi connectivity index (χ2v) is 6.49. The minimum absolute atomic E-state index is 0.148. The van der Waals surface area contributed by atoms with E-state index in [-0.39, 0.29) is 24.3 Å². The number of benzene rings is 1. The molecule has 0 saturated carbocycles. The van der Waals surface area contributed by atoms with Gasteiger partial charge in [0.15, 0.2) is 0 Å².